The van der Waals surface area contributed by atoms with Gasteiger partial charge in [0.05, 0.1) is 9.95 Å². The Balaban J connectivity index is 2.00. The summed E-state index contributed by atoms with van der Waals surface area (Å²) in [5.41, 5.74) is 0.322. The lowest BCUT2D eigenvalue weighted by Gasteiger charge is -2.17. The van der Waals surface area contributed by atoms with E-state index in [1.165, 1.54) is 17.0 Å². The molecular weight excluding hydrogens is 394 g/mol. The summed E-state index contributed by atoms with van der Waals surface area (Å²) in [6, 6.07) is 12.9. The van der Waals surface area contributed by atoms with Crippen LogP contribution in [0.1, 0.15) is 12.0 Å². The maximum Gasteiger partial charge on any atom is 0.290 e. The molecule has 8 nitrogen and oxygen atoms in total. The number of benzene rings is 2. The predicted molar refractivity (Wildman–Crippen MR) is 101 cm³/mol. The number of nitrogens with zero attached hydrogens (tertiary/aromatic N) is 2. The molecule has 2 rings (SSSR count). The fraction of sp³-hybridized carbons (Fsp3) is 0.235. The number of nitro groups is 1. The molecule has 2 aromatic carbocycles. The van der Waals surface area contributed by atoms with Crippen molar-refractivity contribution in [2.45, 2.75) is 17.9 Å². The molecule has 0 saturated carbocycles. The smallest absolute Gasteiger partial charge is 0.290 e. The summed E-state index contributed by atoms with van der Waals surface area (Å²) in [4.78, 5) is 23.3. The molecule has 0 spiro atoms. The van der Waals surface area contributed by atoms with Gasteiger partial charge in [0.25, 0.3) is 5.69 Å². The average molecular weight is 412 g/mol. The van der Waals surface area contributed by atoms with E-state index in [0.717, 1.165) is 11.6 Å². The van der Waals surface area contributed by atoms with Gasteiger partial charge >= 0.3 is 0 Å². The van der Waals surface area contributed by atoms with Gasteiger partial charge in [0.15, 0.2) is 4.90 Å². The van der Waals surface area contributed by atoms with Crippen molar-refractivity contribution in [2.75, 3.05) is 13.6 Å². The fourth-order valence-corrected chi connectivity index (χ4v) is 4.14. The Morgan fingerprint density at radius 3 is 2.48 bits per heavy atom. The number of sulfonamides is 1. The van der Waals surface area contributed by atoms with Gasteiger partial charge in [0.1, 0.15) is 0 Å². The zero-order valence-corrected chi connectivity index (χ0v) is 16.0. The third-order valence-electron chi connectivity index (χ3n) is 3.73. The molecular formula is C17H18ClN3O5S. The first-order valence-corrected chi connectivity index (χ1v) is 9.79. The van der Waals surface area contributed by atoms with Crippen molar-refractivity contribution < 1.29 is 18.1 Å². The molecule has 0 saturated heterocycles. The molecule has 0 aliphatic rings. The van der Waals surface area contributed by atoms with E-state index in [9.17, 15) is 23.3 Å². The fourth-order valence-electron chi connectivity index (χ4n) is 2.41. The van der Waals surface area contributed by atoms with Crippen molar-refractivity contribution in [1.29, 1.82) is 0 Å². The second-order valence-corrected chi connectivity index (χ2v) is 7.84. The van der Waals surface area contributed by atoms with E-state index < -0.39 is 25.5 Å². The summed E-state index contributed by atoms with van der Waals surface area (Å²) < 4.78 is 27.0. The molecule has 0 heterocycles. The summed E-state index contributed by atoms with van der Waals surface area (Å²) in [6.45, 7) is 0.186. The number of rotatable bonds is 8. The van der Waals surface area contributed by atoms with Crippen molar-refractivity contribution in [1.82, 2.24) is 9.62 Å². The van der Waals surface area contributed by atoms with Crippen molar-refractivity contribution in [3.8, 4) is 0 Å². The first kappa shape index (κ1) is 20.8. The summed E-state index contributed by atoms with van der Waals surface area (Å²) in [7, 11) is -2.63. The van der Waals surface area contributed by atoms with E-state index >= 15 is 0 Å². The van der Waals surface area contributed by atoms with Gasteiger partial charge in [-0.15, -0.1) is 0 Å². The van der Waals surface area contributed by atoms with Gasteiger partial charge in [-0.2, -0.15) is 0 Å². The predicted octanol–water partition coefficient (Wildman–Crippen LogP) is 2.58. The van der Waals surface area contributed by atoms with E-state index in [4.69, 9.17) is 11.6 Å². The number of halogens is 1. The Hall–Kier alpha value is -2.49. The lowest BCUT2D eigenvalue weighted by molar-refractivity contribution is -0.387. The monoisotopic (exact) mass is 411 g/mol. The lowest BCUT2D eigenvalue weighted by Crippen LogP contribution is -2.32. The highest BCUT2D eigenvalue weighted by Crippen LogP contribution is 2.30. The average Bonchev–Trinajstić information content (AvgIpc) is 2.61. The largest absolute Gasteiger partial charge is 0.341 e. The number of amides is 1. The van der Waals surface area contributed by atoms with Crippen LogP contribution in [0.2, 0.25) is 5.02 Å². The van der Waals surface area contributed by atoms with Crippen LogP contribution in [0.4, 0.5) is 5.69 Å². The molecule has 0 bridgehead atoms. The van der Waals surface area contributed by atoms with Crippen LogP contribution in [0.25, 0.3) is 0 Å². The van der Waals surface area contributed by atoms with Crippen molar-refractivity contribution >= 4 is 33.2 Å². The molecule has 0 atom stereocenters. The van der Waals surface area contributed by atoms with Crippen molar-refractivity contribution in [3.05, 3.63) is 69.2 Å². The molecule has 0 fully saturated rings. The zero-order valence-electron chi connectivity index (χ0n) is 14.5. The molecule has 144 valence electrons. The van der Waals surface area contributed by atoms with Gasteiger partial charge in [-0.1, -0.05) is 48.0 Å². The summed E-state index contributed by atoms with van der Waals surface area (Å²) in [5.74, 6) is -0.268. The van der Waals surface area contributed by atoms with Crippen LogP contribution in [0, 0.1) is 10.1 Å². The number of hydrogen-bond donors (Lipinski definition) is 1. The van der Waals surface area contributed by atoms with Crippen LogP contribution >= 0.6 is 11.6 Å². The molecule has 1 amide bonds. The van der Waals surface area contributed by atoms with Crippen LogP contribution in [0.15, 0.2) is 53.4 Å². The Kier molecular flexibility index (Phi) is 6.89. The van der Waals surface area contributed by atoms with E-state index in [2.05, 4.69) is 4.72 Å². The molecule has 0 aromatic heterocycles. The van der Waals surface area contributed by atoms with E-state index in [-0.39, 0.29) is 23.9 Å². The standard InChI is InChI=1S/C17H18ClN3O5S/c1-20(12-13-6-3-2-4-7-13)16(22)10-11-19-27(25,26)17-14(18)8-5-9-15(17)21(23)24/h2-9,19H,10-12H2,1H3. The van der Waals surface area contributed by atoms with Crippen molar-refractivity contribution in [2.24, 2.45) is 0 Å². The summed E-state index contributed by atoms with van der Waals surface area (Å²) in [5, 5.41) is 10.8. The lowest BCUT2D eigenvalue weighted by atomic mass is 10.2. The van der Waals surface area contributed by atoms with E-state index in [0.29, 0.717) is 6.54 Å². The number of nitrogens with one attached hydrogen (secondary N) is 1. The highest BCUT2D eigenvalue weighted by atomic mass is 35.5. The molecule has 2 aromatic rings. The topological polar surface area (TPSA) is 110 Å². The minimum Gasteiger partial charge on any atom is -0.341 e. The summed E-state index contributed by atoms with van der Waals surface area (Å²) in [6.07, 6.45) is -0.0964. The molecule has 1 N–H and O–H groups in total. The molecule has 0 radical (unpaired) electrons. The maximum absolute atomic E-state index is 12.4. The van der Waals surface area contributed by atoms with E-state index in [1.54, 1.807) is 7.05 Å². The number of hydrogen-bond acceptors (Lipinski definition) is 5. The maximum atomic E-state index is 12.4. The zero-order chi connectivity index (χ0) is 20.0. The first-order chi connectivity index (χ1) is 12.7. The van der Waals surface area contributed by atoms with Crippen LogP contribution < -0.4 is 4.72 Å². The molecule has 27 heavy (non-hydrogen) atoms. The summed E-state index contributed by atoms with van der Waals surface area (Å²) >= 11 is 5.84. The third kappa shape index (κ3) is 5.49. The highest BCUT2D eigenvalue weighted by molar-refractivity contribution is 7.89. The highest BCUT2D eigenvalue weighted by Gasteiger charge is 2.28. The molecule has 0 aliphatic carbocycles. The number of carbonyl (C=O) groups excluding carboxylic acids is 1. The van der Waals surface area contributed by atoms with Crippen LogP contribution in [-0.4, -0.2) is 37.7 Å². The minimum atomic E-state index is -4.24. The van der Waals surface area contributed by atoms with Gasteiger partial charge < -0.3 is 4.90 Å². The van der Waals surface area contributed by atoms with Crippen molar-refractivity contribution in [3.63, 3.8) is 0 Å². The SMILES string of the molecule is CN(Cc1ccccc1)C(=O)CCNS(=O)(=O)c1c(Cl)cccc1[N+](=O)[O-]. The second kappa shape index (κ2) is 8.94. The quantitative estimate of drug-likeness (QED) is 0.530. The number of nitro benzene ring substituents is 1. The normalized spacial score (nSPS) is 11.2. The van der Waals surface area contributed by atoms with Gasteiger partial charge in [0.2, 0.25) is 15.9 Å². The van der Waals surface area contributed by atoms with Gasteiger partial charge in [-0.25, -0.2) is 13.1 Å². The van der Waals surface area contributed by atoms with E-state index in [1.807, 2.05) is 30.3 Å². The molecule has 0 aliphatic heterocycles. The Labute approximate surface area is 162 Å². The third-order valence-corrected chi connectivity index (χ3v) is 5.71. The number of carbonyl (C=O) groups is 1. The molecule has 10 heteroatoms. The first-order valence-electron chi connectivity index (χ1n) is 7.93. The van der Waals surface area contributed by atoms with Crippen LogP contribution in [0.5, 0.6) is 0 Å². The van der Waals surface area contributed by atoms with Crippen LogP contribution in [0.3, 0.4) is 0 Å². The van der Waals surface area contributed by atoms with Gasteiger partial charge in [0, 0.05) is 32.6 Å². The Bertz CT molecular complexity index is 935. The van der Waals surface area contributed by atoms with Gasteiger partial charge in [-0.05, 0) is 11.6 Å². The minimum absolute atomic E-state index is 0.0964. The van der Waals surface area contributed by atoms with Gasteiger partial charge in [-0.3, -0.25) is 14.9 Å². The van der Waals surface area contributed by atoms with Crippen LogP contribution in [-0.2, 0) is 21.4 Å². The Morgan fingerprint density at radius 1 is 1.19 bits per heavy atom. The molecule has 0 unspecified atom stereocenters. The second-order valence-electron chi connectivity index (χ2n) is 5.73. The Morgan fingerprint density at radius 2 is 1.85 bits per heavy atom.